The number of rotatable bonds is 12. The zero-order valence-electron chi connectivity index (χ0n) is 21.3. The molecule has 0 aliphatic carbocycles. The molecule has 3 nitrogen and oxygen atoms in total. The van der Waals surface area contributed by atoms with Crippen LogP contribution in [-0.2, 0) is 23.3 Å². The molecule has 218 valence electrons. The zero-order valence-corrected chi connectivity index (χ0v) is 21.3. The summed E-state index contributed by atoms with van der Waals surface area (Å²) in [5.74, 6) is -1.93. The highest BCUT2D eigenvalue weighted by Gasteiger charge is 2.38. The highest BCUT2D eigenvalue weighted by molar-refractivity contribution is 5.67. The molecule has 0 bridgehead atoms. The summed E-state index contributed by atoms with van der Waals surface area (Å²) in [5.41, 5.74) is -3.18. The molecule has 2 rings (SSSR count). The van der Waals surface area contributed by atoms with Gasteiger partial charge in [0.25, 0.3) is 0 Å². The number of carboxylic acids is 1. The Kier molecular flexibility index (Phi) is 10.9. The quantitative estimate of drug-likeness (QED) is 0.250. The lowest BCUT2D eigenvalue weighted by Gasteiger charge is -2.26. The van der Waals surface area contributed by atoms with Gasteiger partial charge < -0.3 is 10.4 Å². The second-order valence-electron chi connectivity index (χ2n) is 9.60. The SMILES string of the molecule is CCC[C@@H](NCC[C@H](CC(=O)O)C[C@@H](C)c1ccc(C(F)(F)F)cc1)c1cc(C(F)(F)F)ccc1C(F)(F)F. The minimum Gasteiger partial charge on any atom is -0.481 e. The number of benzene rings is 2. The molecule has 3 atom stereocenters. The van der Waals surface area contributed by atoms with Crippen LogP contribution in [0.1, 0.15) is 85.7 Å². The summed E-state index contributed by atoms with van der Waals surface area (Å²) in [6.07, 6.45) is -13.6. The van der Waals surface area contributed by atoms with Gasteiger partial charge in [0.2, 0.25) is 0 Å². The second-order valence-corrected chi connectivity index (χ2v) is 9.60. The van der Waals surface area contributed by atoms with Crippen LogP contribution >= 0.6 is 0 Å². The molecule has 0 aliphatic heterocycles. The summed E-state index contributed by atoms with van der Waals surface area (Å²) in [7, 11) is 0. The summed E-state index contributed by atoms with van der Waals surface area (Å²) in [6.45, 7) is 3.42. The number of halogens is 9. The zero-order chi connectivity index (χ0) is 29.6. The van der Waals surface area contributed by atoms with Crippen LogP contribution in [0.5, 0.6) is 0 Å². The normalized spacial score (nSPS) is 15.2. The fourth-order valence-corrected chi connectivity index (χ4v) is 4.59. The molecule has 0 saturated carbocycles. The molecule has 0 aromatic heterocycles. The molecular formula is C27H30F9NO2. The van der Waals surface area contributed by atoms with E-state index in [9.17, 15) is 49.4 Å². The van der Waals surface area contributed by atoms with E-state index in [2.05, 4.69) is 5.32 Å². The Morgan fingerprint density at radius 2 is 1.41 bits per heavy atom. The first-order chi connectivity index (χ1) is 17.9. The summed E-state index contributed by atoms with van der Waals surface area (Å²) >= 11 is 0. The summed E-state index contributed by atoms with van der Waals surface area (Å²) in [5, 5.41) is 12.2. The number of nitrogens with one attached hydrogen (secondary N) is 1. The van der Waals surface area contributed by atoms with Gasteiger partial charge in [-0.25, -0.2) is 0 Å². The van der Waals surface area contributed by atoms with Gasteiger partial charge in [0, 0.05) is 12.5 Å². The van der Waals surface area contributed by atoms with Gasteiger partial charge in [-0.05, 0) is 79.1 Å². The van der Waals surface area contributed by atoms with Crippen LogP contribution in [-0.4, -0.2) is 17.6 Å². The molecule has 0 radical (unpaired) electrons. The third-order valence-electron chi connectivity index (χ3n) is 6.54. The fourth-order valence-electron chi connectivity index (χ4n) is 4.59. The predicted octanol–water partition coefficient (Wildman–Crippen LogP) is 8.85. The van der Waals surface area contributed by atoms with E-state index in [0.29, 0.717) is 30.2 Å². The molecule has 2 N–H and O–H groups in total. The van der Waals surface area contributed by atoms with Crippen LogP contribution in [0.2, 0.25) is 0 Å². The lowest BCUT2D eigenvalue weighted by molar-refractivity contribution is -0.142. The Morgan fingerprint density at radius 3 is 1.90 bits per heavy atom. The molecule has 0 saturated heterocycles. The lowest BCUT2D eigenvalue weighted by atomic mass is 9.86. The topological polar surface area (TPSA) is 49.3 Å². The van der Waals surface area contributed by atoms with Crippen molar-refractivity contribution in [2.24, 2.45) is 5.92 Å². The van der Waals surface area contributed by atoms with Crippen molar-refractivity contribution in [1.82, 2.24) is 5.32 Å². The predicted molar refractivity (Wildman–Crippen MR) is 127 cm³/mol. The van der Waals surface area contributed by atoms with E-state index < -0.39 is 58.7 Å². The van der Waals surface area contributed by atoms with Gasteiger partial charge in [-0.3, -0.25) is 4.79 Å². The van der Waals surface area contributed by atoms with Crippen molar-refractivity contribution in [3.63, 3.8) is 0 Å². The maximum atomic E-state index is 13.6. The summed E-state index contributed by atoms with van der Waals surface area (Å²) in [6, 6.07) is 4.73. The molecule has 0 heterocycles. The molecule has 12 heteroatoms. The molecule has 0 aliphatic rings. The first-order valence-corrected chi connectivity index (χ1v) is 12.3. The smallest absolute Gasteiger partial charge is 0.416 e. The summed E-state index contributed by atoms with van der Waals surface area (Å²) < 4.78 is 119. The molecule has 39 heavy (non-hydrogen) atoms. The van der Waals surface area contributed by atoms with E-state index in [1.54, 1.807) is 13.8 Å². The monoisotopic (exact) mass is 571 g/mol. The molecule has 0 unspecified atom stereocenters. The van der Waals surface area contributed by atoms with E-state index in [-0.39, 0.29) is 38.1 Å². The Hall–Kier alpha value is -2.76. The molecular weight excluding hydrogens is 541 g/mol. The van der Waals surface area contributed by atoms with Crippen LogP contribution in [0.15, 0.2) is 42.5 Å². The van der Waals surface area contributed by atoms with Crippen molar-refractivity contribution >= 4 is 5.97 Å². The van der Waals surface area contributed by atoms with E-state index in [4.69, 9.17) is 0 Å². The second kappa shape index (κ2) is 13.1. The number of carboxylic acid groups (broad SMARTS) is 1. The molecule has 0 spiro atoms. The van der Waals surface area contributed by atoms with E-state index in [0.717, 1.165) is 12.1 Å². The van der Waals surface area contributed by atoms with Crippen molar-refractivity contribution in [2.45, 2.75) is 76.4 Å². The first-order valence-electron chi connectivity index (χ1n) is 12.3. The van der Waals surface area contributed by atoms with Crippen LogP contribution in [0.4, 0.5) is 39.5 Å². The standard InChI is InChI=1S/C27H30F9NO2/c1-3-4-23(21-15-20(26(31,32)33)9-10-22(21)27(34,35)36)37-12-11-17(14-24(38)39)13-16(2)18-5-7-19(8-6-18)25(28,29)30/h5-10,15-17,23,37H,3-4,11-14H2,1-2H3,(H,38,39)/t16-,17+,23-/m1/s1. The van der Waals surface area contributed by atoms with Gasteiger partial charge in [0.1, 0.15) is 0 Å². The van der Waals surface area contributed by atoms with Gasteiger partial charge in [-0.15, -0.1) is 0 Å². The van der Waals surface area contributed by atoms with Gasteiger partial charge in [-0.1, -0.05) is 32.4 Å². The molecule has 2 aromatic carbocycles. The molecule has 0 amide bonds. The lowest BCUT2D eigenvalue weighted by Crippen LogP contribution is -2.27. The van der Waals surface area contributed by atoms with Gasteiger partial charge >= 0.3 is 24.5 Å². The Labute approximate surface area is 220 Å². The largest absolute Gasteiger partial charge is 0.481 e. The third-order valence-corrected chi connectivity index (χ3v) is 6.54. The third kappa shape index (κ3) is 9.74. The maximum Gasteiger partial charge on any atom is 0.416 e. The highest BCUT2D eigenvalue weighted by atomic mass is 19.4. The Morgan fingerprint density at radius 1 is 0.846 bits per heavy atom. The summed E-state index contributed by atoms with van der Waals surface area (Å²) in [4.78, 5) is 11.4. The van der Waals surface area contributed by atoms with Crippen LogP contribution < -0.4 is 5.32 Å². The van der Waals surface area contributed by atoms with E-state index >= 15 is 0 Å². The highest BCUT2D eigenvalue weighted by Crippen LogP contribution is 2.40. The number of alkyl halides is 9. The Balaban J connectivity index is 2.20. The van der Waals surface area contributed by atoms with Crippen molar-refractivity contribution < 1.29 is 49.4 Å². The number of aliphatic carboxylic acids is 1. The Bertz CT molecular complexity index is 1080. The number of hydrogen-bond acceptors (Lipinski definition) is 2. The maximum absolute atomic E-state index is 13.6. The molecule has 2 aromatic rings. The number of carbonyl (C=O) groups is 1. The van der Waals surface area contributed by atoms with Gasteiger partial charge in [-0.2, -0.15) is 39.5 Å². The van der Waals surface area contributed by atoms with Crippen LogP contribution in [0, 0.1) is 5.92 Å². The van der Waals surface area contributed by atoms with Gasteiger partial charge in [0.15, 0.2) is 0 Å². The fraction of sp³-hybridized carbons (Fsp3) is 0.519. The van der Waals surface area contributed by atoms with Crippen LogP contribution in [0.3, 0.4) is 0 Å². The van der Waals surface area contributed by atoms with Crippen molar-refractivity contribution in [1.29, 1.82) is 0 Å². The average Bonchev–Trinajstić information content (AvgIpc) is 2.81. The molecule has 0 fully saturated rings. The van der Waals surface area contributed by atoms with E-state index in [1.807, 2.05) is 0 Å². The minimum atomic E-state index is -4.88. The van der Waals surface area contributed by atoms with Crippen LogP contribution in [0.25, 0.3) is 0 Å². The van der Waals surface area contributed by atoms with Gasteiger partial charge in [0.05, 0.1) is 16.7 Å². The van der Waals surface area contributed by atoms with E-state index in [1.165, 1.54) is 12.1 Å². The average molecular weight is 572 g/mol. The first kappa shape index (κ1) is 32.5. The number of hydrogen-bond donors (Lipinski definition) is 2. The minimum absolute atomic E-state index is 0.0237. The van der Waals surface area contributed by atoms with Crippen molar-refractivity contribution in [3.05, 3.63) is 70.3 Å². The van der Waals surface area contributed by atoms with Crippen molar-refractivity contribution in [3.8, 4) is 0 Å². The van der Waals surface area contributed by atoms with Crippen molar-refractivity contribution in [2.75, 3.05) is 6.54 Å².